The van der Waals surface area contributed by atoms with Crippen LogP contribution in [-0.2, 0) is 4.79 Å². The summed E-state index contributed by atoms with van der Waals surface area (Å²) < 4.78 is 1.42. The Hall–Kier alpha value is -2.91. The van der Waals surface area contributed by atoms with Crippen LogP contribution in [0.2, 0.25) is 0 Å². The van der Waals surface area contributed by atoms with E-state index in [4.69, 9.17) is 0 Å². The zero-order valence-electron chi connectivity index (χ0n) is 17.7. The van der Waals surface area contributed by atoms with Gasteiger partial charge in [0.2, 0.25) is 11.0 Å². The number of carbonyl (C=O) groups is 1. The van der Waals surface area contributed by atoms with Crippen LogP contribution >= 0.6 is 22.7 Å². The van der Waals surface area contributed by atoms with Crippen molar-refractivity contribution < 1.29 is 4.79 Å². The summed E-state index contributed by atoms with van der Waals surface area (Å²) in [6.45, 7) is 7.94. The molecule has 1 atom stereocenters. The number of nitrogens with one attached hydrogen (secondary N) is 1. The highest BCUT2D eigenvalue weighted by molar-refractivity contribution is 7.17. The first kappa shape index (κ1) is 21.3. The largest absolute Gasteiger partial charge is 0.299 e. The Balaban J connectivity index is 1.70. The summed E-state index contributed by atoms with van der Waals surface area (Å²) in [4.78, 5) is 31.5. The first-order valence-corrected chi connectivity index (χ1v) is 11.8. The third-order valence-electron chi connectivity index (χ3n) is 5.07. The molecule has 1 aromatic carbocycles. The number of anilines is 1. The highest BCUT2D eigenvalue weighted by atomic mass is 32.1. The third-order valence-corrected chi connectivity index (χ3v) is 7.10. The van der Waals surface area contributed by atoms with Gasteiger partial charge in [0.15, 0.2) is 0 Å². The van der Waals surface area contributed by atoms with Crippen LogP contribution < -0.4 is 10.9 Å². The van der Waals surface area contributed by atoms with Crippen LogP contribution in [-0.4, -0.2) is 25.7 Å². The average molecular weight is 454 g/mol. The van der Waals surface area contributed by atoms with Gasteiger partial charge in [0.05, 0.1) is 11.7 Å². The summed E-state index contributed by atoms with van der Waals surface area (Å²) in [5, 5.41) is 14.7. The average Bonchev–Trinajstić information content (AvgIpc) is 3.38. The minimum Gasteiger partial charge on any atom is -0.299 e. The van der Waals surface area contributed by atoms with Gasteiger partial charge in [0.1, 0.15) is 15.9 Å². The van der Waals surface area contributed by atoms with E-state index in [0.29, 0.717) is 21.8 Å². The van der Waals surface area contributed by atoms with Crippen LogP contribution in [0.3, 0.4) is 0 Å². The molecule has 1 N–H and O–H groups in total. The van der Waals surface area contributed by atoms with Crippen molar-refractivity contribution in [1.82, 2.24) is 19.7 Å². The Labute approximate surface area is 187 Å². The maximum atomic E-state index is 13.4. The first-order valence-electron chi connectivity index (χ1n) is 10.1. The number of aromatic nitrogens is 4. The van der Waals surface area contributed by atoms with Gasteiger partial charge in [-0.3, -0.25) is 19.5 Å². The van der Waals surface area contributed by atoms with Crippen LogP contribution in [0.15, 0.2) is 40.8 Å². The molecular weight excluding hydrogens is 430 g/mol. The summed E-state index contributed by atoms with van der Waals surface area (Å²) in [5.74, 6) is -0.0672. The molecule has 3 heterocycles. The van der Waals surface area contributed by atoms with Crippen LogP contribution in [0.25, 0.3) is 21.3 Å². The normalized spacial score (nSPS) is 12.4. The van der Waals surface area contributed by atoms with Gasteiger partial charge in [-0.2, -0.15) is 0 Å². The van der Waals surface area contributed by atoms with Crippen molar-refractivity contribution in [2.75, 3.05) is 5.32 Å². The molecular formula is C22H23N5O2S2. The number of thiophene rings is 1. The van der Waals surface area contributed by atoms with E-state index in [2.05, 4.69) is 20.5 Å². The molecule has 7 nitrogen and oxygen atoms in total. The number of hydrogen-bond donors (Lipinski definition) is 1. The van der Waals surface area contributed by atoms with Crippen molar-refractivity contribution in [3.8, 4) is 11.1 Å². The second kappa shape index (κ2) is 8.68. The van der Waals surface area contributed by atoms with Gasteiger partial charge in [-0.05, 0) is 18.9 Å². The molecule has 0 aliphatic heterocycles. The van der Waals surface area contributed by atoms with E-state index in [1.165, 1.54) is 33.6 Å². The zero-order valence-corrected chi connectivity index (χ0v) is 19.4. The molecule has 0 saturated carbocycles. The van der Waals surface area contributed by atoms with E-state index in [1.54, 1.807) is 0 Å². The minimum absolute atomic E-state index is 0.219. The smallest absolute Gasteiger partial charge is 0.263 e. The van der Waals surface area contributed by atoms with Gasteiger partial charge in [-0.15, -0.1) is 21.5 Å². The van der Waals surface area contributed by atoms with Gasteiger partial charge in [0.25, 0.3) is 5.56 Å². The Morgan fingerprint density at radius 1 is 1.19 bits per heavy atom. The van der Waals surface area contributed by atoms with Crippen LogP contribution in [0.5, 0.6) is 0 Å². The van der Waals surface area contributed by atoms with E-state index in [9.17, 15) is 9.59 Å². The fraction of sp³-hybridized carbons (Fsp3) is 0.318. The number of carbonyl (C=O) groups excluding carboxylic acids is 1. The number of hydrogen-bond acceptors (Lipinski definition) is 7. The Morgan fingerprint density at radius 3 is 2.58 bits per heavy atom. The Bertz CT molecular complexity index is 1290. The summed E-state index contributed by atoms with van der Waals surface area (Å²) in [5.41, 5.74) is 2.73. The van der Waals surface area contributed by atoms with Gasteiger partial charge in [0, 0.05) is 16.9 Å². The minimum atomic E-state index is -0.693. The summed E-state index contributed by atoms with van der Waals surface area (Å²) in [7, 11) is 0. The lowest BCUT2D eigenvalue weighted by molar-refractivity contribution is -0.119. The number of rotatable bonds is 6. The topological polar surface area (TPSA) is 89.8 Å². The standard InChI is InChI=1S/C22H23N5O2S2/c1-5-16(18(28)24-22-26-25-19(31-22)12(2)3)27-11-23-20-17(21(27)29)15(10-30-20)14-8-6-13(4)7-9-14/h6-12,16H,5H2,1-4H3,(H,24,26,28). The molecule has 0 fully saturated rings. The predicted octanol–water partition coefficient (Wildman–Crippen LogP) is 5.00. The van der Waals surface area contributed by atoms with Gasteiger partial charge < -0.3 is 0 Å². The molecule has 9 heteroatoms. The highest BCUT2D eigenvalue weighted by Gasteiger charge is 2.24. The molecule has 0 radical (unpaired) electrons. The van der Waals surface area contributed by atoms with E-state index in [0.717, 1.165) is 21.7 Å². The number of amides is 1. The van der Waals surface area contributed by atoms with Gasteiger partial charge in [-0.25, -0.2) is 4.98 Å². The lowest BCUT2D eigenvalue weighted by Gasteiger charge is -2.16. The van der Waals surface area contributed by atoms with Crippen molar-refractivity contribution in [2.24, 2.45) is 0 Å². The molecule has 1 amide bonds. The predicted molar refractivity (Wildman–Crippen MR) is 126 cm³/mol. The lowest BCUT2D eigenvalue weighted by atomic mass is 10.0. The van der Waals surface area contributed by atoms with Crippen molar-refractivity contribution in [2.45, 2.75) is 46.1 Å². The third kappa shape index (κ3) is 4.15. The van der Waals surface area contributed by atoms with Crippen molar-refractivity contribution in [1.29, 1.82) is 0 Å². The lowest BCUT2D eigenvalue weighted by Crippen LogP contribution is -2.33. The maximum Gasteiger partial charge on any atom is 0.263 e. The SMILES string of the molecule is CCC(C(=O)Nc1nnc(C(C)C)s1)n1cnc2scc(-c3ccc(C)cc3)c2c1=O. The molecule has 0 aliphatic rings. The van der Waals surface area contributed by atoms with Crippen LogP contribution in [0.4, 0.5) is 5.13 Å². The monoisotopic (exact) mass is 453 g/mol. The zero-order chi connectivity index (χ0) is 22.1. The quantitative estimate of drug-likeness (QED) is 0.444. The van der Waals surface area contributed by atoms with Crippen molar-refractivity contribution in [3.63, 3.8) is 0 Å². The van der Waals surface area contributed by atoms with E-state index in [1.807, 2.05) is 57.3 Å². The second-order valence-corrected chi connectivity index (χ2v) is 9.53. The first-order chi connectivity index (χ1) is 14.9. The van der Waals surface area contributed by atoms with Crippen molar-refractivity contribution in [3.05, 3.63) is 56.9 Å². The second-order valence-electron chi connectivity index (χ2n) is 7.67. The number of fused-ring (bicyclic) bond motifs is 1. The molecule has 0 aliphatic carbocycles. The summed E-state index contributed by atoms with van der Waals surface area (Å²) in [6.07, 6.45) is 1.91. The molecule has 4 aromatic rings. The molecule has 3 aromatic heterocycles. The number of benzene rings is 1. The molecule has 1 unspecified atom stereocenters. The highest BCUT2D eigenvalue weighted by Crippen LogP contribution is 2.31. The fourth-order valence-electron chi connectivity index (χ4n) is 3.33. The number of aryl methyl sites for hydroxylation is 1. The molecule has 4 rings (SSSR count). The molecule has 160 valence electrons. The molecule has 0 bridgehead atoms. The van der Waals surface area contributed by atoms with Crippen LogP contribution in [0.1, 0.15) is 49.7 Å². The summed E-state index contributed by atoms with van der Waals surface area (Å²) in [6, 6.07) is 7.34. The van der Waals surface area contributed by atoms with E-state index >= 15 is 0 Å². The Morgan fingerprint density at radius 2 is 1.94 bits per heavy atom. The number of nitrogens with zero attached hydrogens (tertiary/aromatic N) is 4. The van der Waals surface area contributed by atoms with Gasteiger partial charge in [-0.1, -0.05) is 61.9 Å². The maximum absolute atomic E-state index is 13.4. The van der Waals surface area contributed by atoms with Crippen molar-refractivity contribution >= 4 is 43.9 Å². The fourth-order valence-corrected chi connectivity index (χ4v) is 4.98. The molecule has 31 heavy (non-hydrogen) atoms. The molecule has 0 spiro atoms. The van der Waals surface area contributed by atoms with Gasteiger partial charge >= 0.3 is 0 Å². The summed E-state index contributed by atoms with van der Waals surface area (Å²) >= 11 is 2.78. The van der Waals surface area contributed by atoms with E-state index in [-0.39, 0.29) is 17.4 Å². The Kier molecular flexibility index (Phi) is 5.97. The van der Waals surface area contributed by atoms with Crippen LogP contribution in [0, 0.1) is 6.92 Å². The van der Waals surface area contributed by atoms with E-state index < -0.39 is 6.04 Å². The molecule has 0 saturated heterocycles.